The number of methoxy groups -OCH3 is 1. The van der Waals surface area contributed by atoms with Crippen molar-refractivity contribution >= 4 is 23.2 Å². The fraction of sp³-hybridized carbons (Fsp3) is 0.316. The molecule has 5 nitrogen and oxygen atoms in total. The number of likely N-dealkylation sites (tertiary alicyclic amines) is 1. The highest BCUT2D eigenvalue weighted by molar-refractivity contribution is 6.31. The molecular formula is C19H22ClN3O2. The number of carbonyl (C=O) groups excluding carboxylic acids is 1. The van der Waals surface area contributed by atoms with Crippen LogP contribution in [0.1, 0.15) is 11.5 Å². The number of hydrogen-bond acceptors (Lipinski definition) is 4. The Balaban J connectivity index is 1.62. The third-order valence-electron chi connectivity index (χ3n) is 4.47. The minimum absolute atomic E-state index is 0.0240. The highest BCUT2D eigenvalue weighted by Gasteiger charge is 2.32. The van der Waals surface area contributed by atoms with Crippen LogP contribution in [-0.2, 0) is 4.79 Å². The predicted octanol–water partition coefficient (Wildman–Crippen LogP) is 2.71. The van der Waals surface area contributed by atoms with E-state index in [9.17, 15) is 4.79 Å². The van der Waals surface area contributed by atoms with Gasteiger partial charge >= 0.3 is 0 Å². The normalized spacial score (nSPS) is 20.4. The highest BCUT2D eigenvalue weighted by Crippen LogP contribution is 2.28. The van der Waals surface area contributed by atoms with Gasteiger partial charge in [-0.05, 0) is 23.8 Å². The summed E-state index contributed by atoms with van der Waals surface area (Å²) in [5.41, 5.74) is 8.07. The Labute approximate surface area is 152 Å². The van der Waals surface area contributed by atoms with Gasteiger partial charge in [-0.25, -0.2) is 0 Å². The van der Waals surface area contributed by atoms with Crippen LogP contribution in [0.4, 0.5) is 5.69 Å². The van der Waals surface area contributed by atoms with Crippen LogP contribution >= 0.6 is 11.6 Å². The molecular weight excluding hydrogens is 338 g/mol. The van der Waals surface area contributed by atoms with Gasteiger partial charge in [0.15, 0.2) is 0 Å². The highest BCUT2D eigenvalue weighted by atomic mass is 35.5. The monoisotopic (exact) mass is 359 g/mol. The van der Waals surface area contributed by atoms with Gasteiger partial charge in [0.2, 0.25) is 5.91 Å². The first kappa shape index (κ1) is 17.7. The van der Waals surface area contributed by atoms with Crippen LogP contribution in [0, 0.1) is 0 Å². The fourth-order valence-corrected chi connectivity index (χ4v) is 3.44. The molecule has 0 radical (unpaired) electrons. The summed E-state index contributed by atoms with van der Waals surface area (Å²) in [6, 6.07) is 15.4. The van der Waals surface area contributed by atoms with Gasteiger partial charge in [0.05, 0.1) is 19.3 Å². The maximum atomic E-state index is 12.4. The molecule has 2 atom stereocenters. The summed E-state index contributed by atoms with van der Waals surface area (Å²) in [6.45, 7) is 1.75. The molecule has 1 saturated heterocycles. The zero-order chi connectivity index (χ0) is 17.8. The van der Waals surface area contributed by atoms with Gasteiger partial charge in [-0.15, -0.1) is 0 Å². The van der Waals surface area contributed by atoms with E-state index in [-0.39, 0.29) is 24.4 Å². The summed E-state index contributed by atoms with van der Waals surface area (Å²) in [5.74, 6) is 0.717. The van der Waals surface area contributed by atoms with Crippen molar-refractivity contribution in [2.45, 2.75) is 12.0 Å². The molecule has 0 aliphatic carbocycles. The lowest BCUT2D eigenvalue weighted by molar-refractivity contribution is -0.117. The van der Waals surface area contributed by atoms with E-state index in [4.69, 9.17) is 22.1 Å². The van der Waals surface area contributed by atoms with Crippen molar-refractivity contribution in [1.29, 1.82) is 0 Å². The number of halogens is 1. The molecule has 25 heavy (non-hydrogen) atoms. The maximum absolute atomic E-state index is 12.4. The van der Waals surface area contributed by atoms with E-state index in [2.05, 4.69) is 22.3 Å². The molecule has 2 aromatic rings. The van der Waals surface area contributed by atoms with Crippen LogP contribution in [0.25, 0.3) is 0 Å². The Morgan fingerprint density at radius 2 is 2.04 bits per heavy atom. The van der Waals surface area contributed by atoms with Crippen LogP contribution in [0.2, 0.25) is 5.02 Å². The first-order valence-electron chi connectivity index (χ1n) is 8.23. The van der Waals surface area contributed by atoms with E-state index in [0.29, 0.717) is 23.0 Å². The van der Waals surface area contributed by atoms with Gasteiger partial charge in [0.1, 0.15) is 5.75 Å². The van der Waals surface area contributed by atoms with Crippen LogP contribution in [0.3, 0.4) is 0 Å². The number of nitrogens with one attached hydrogen (secondary N) is 1. The van der Waals surface area contributed by atoms with Crippen molar-refractivity contribution in [1.82, 2.24) is 4.90 Å². The summed E-state index contributed by atoms with van der Waals surface area (Å²) in [5, 5.41) is 3.41. The van der Waals surface area contributed by atoms with Gasteiger partial charge in [-0.1, -0.05) is 41.9 Å². The Kier molecular flexibility index (Phi) is 5.58. The Hall–Kier alpha value is -2.08. The van der Waals surface area contributed by atoms with E-state index in [1.54, 1.807) is 25.3 Å². The molecule has 2 aromatic carbocycles. The molecule has 0 aromatic heterocycles. The lowest BCUT2D eigenvalue weighted by Crippen LogP contribution is -2.33. The number of ether oxygens (including phenoxy) is 1. The molecule has 132 valence electrons. The molecule has 1 fully saturated rings. The van der Waals surface area contributed by atoms with Crippen LogP contribution in [0.15, 0.2) is 48.5 Å². The third-order valence-corrected chi connectivity index (χ3v) is 4.71. The second-order valence-corrected chi connectivity index (χ2v) is 6.70. The molecule has 0 unspecified atom stereocenters. The molecule has 0 spiro atoms. The molecule has 1 amide bonds. The minimum atomic E-state index is -0.110. The topological polar surface area (TPSA) is 67.6 Å². The first-order chi connectivity index (χ1) is 12.1. The number of benzene rings is 2. The second-order valence-electron chi connectivity index (χ2n) is 6.27. The number of hydrogen-bond donors (Lipinski definition) is 2. The summed E-state index contributed by atoms with van der Waals surface area (Å²) in [6.07, 6.45) is 0. The van der Waals surface area contributed by atoms with Crippen molar-refractivity contribution in [2.24, 2.45) is 5.73 Å². The number of rotatable bonds is 5. The molecule has 0 saturated carbocycles. The third kappa shape index (κ3) is 4.31. The molecule has 3 N–H and O–H groups in total. The zero-order valence-electron chi connectivity index (χ0n) is 14.1. The van der Waals surface area contributed by atoms with Crippen molar-refractivity contribution in [3.63, 3.8) is 0 Å². The minimum Gasteiger partial charge on any atom is -0.495 e. The van der Waals surface area contributed by atoms with Crippen LogP contribution in [-0.4, -0.2) is 43.6 Å². The number of nitrogens with two attached hydrogens (primary N) is 1. The van der Waals surface area contributed by atoms with Gasteiger partial charge in [-0.2, -0.15) is 0 Å². The van der Waals surface area contributed by atoms with Crippen LogP contribution in [0.5, 0.6) is 5.75 Å². The number of nitrogens with zero attached hydrogens (tertiary/aromatic N) is 1. The molecule has 1 aliphatic rings. The summed E-state index contributed by atoms with van der Waals surface area (Å²) >= 11 is 6.00. The van der Waals surface area contributed by atoms with E-state index in [1.165, 1.54) is 5.56 Å². The molecule has 3 rings (SSSR count). The van der Waals surface area contributed by atoms with E-state index < -0.39 is 0 Å². The molecule has 6 heteroatoms. The number of carbonyl (C=O) groups is 1. The second kappa shape index (κ2) is 7.87. The Bertz CT molecular complexity index is 739. The number of anilines is 1. The van der Waals surface area contributed by atoms with E-state index in [1.807, 2.05) is 18.2 Å². The van der Waals surface area contributed by atoms with Crippen molar-refractivity contribution in [3.8, 4) is 5.75 Å². The van der Waals surface area contributed by atoms with Gasteiger partial charge in [0, 0.05) is 30.1 Å². The van der Waals surface area contributed by atoms with Crippen molar-refractivity contribution in [3.05, 3.63) is 59.1 Å². The fourth-order valence-electron chi connectivity index (χ4n) is 3.27. The average molecular weight is 360 g/mol. The zero-order valence-corrected chi connectivity index (χ0v) is 14.9. The van der Waals surface area contributed by atoms with Crippen molar-refractivity contribution < 1.29 is 9.53 Å². The first-order valence-corrected chi connectivity index (χ1v) is 8.61. The van der Waals surface area contributed by atoms with Crippen molar-refractivity contribution in [2.75, 3.05) is 32.1 Å². The Morgan fingerprint density at radius 3 is 2.76 bits per heavy atom. The largest absolute Gasteiger partial charge is 0.495 e. The number of amides is 1. The SMILES string of the molecule is COc1ccc(Cl)cc1NC(=O)CN1C[C@@H](N)[C@H](c2ccccc2)C1. The molecule has 1 aliphatic heterocycles. The maximum Gasteiger partial charge on any atom is 0.238 e. The average Bonchev–Trinajstić information content (AvgIpc) is 2.96. The lowest BCUT2D eigenvalue weighted by atomic mass is 9.95. The standard InChI is InChI=1S/C19H22ClN3O2/c1-25-18-8-7-14(20)9-17(18)22-19(24)12-23-10-15(16(21)11-23)13-5-3-2-4-6-13/h2-9,15-16H,10-12,21H2,1H3,(H,22,24)/t15-,16+/m0/s1. The van der Waals surface area contributed by atoms with Crippen LogP contribution < -0.4 is 15.8 Å². The lowest BCUT2D eigenvalue weighted by Gasteiger charge is -2.16. The summed E-state index contributed by atoms with van der Waals surface area (Å²) in [7, 11) is 1.56. The Morgan fingerprint density at radius 1 is 1.28 bits per heavy atom. The van der Waals surface area contributed by atoms with Gasteiger partial charge < -0.3 is 15.8 Å². The summed E-state index contributed by atoms with van der Waals surface area (Å²) in [4.78, 5) is 14.5. The van der Waals surface area contributed by atoms with Gasteiger partial charge in [-0.3, -0.25) is 9.69 Å². The van der Waals surface area contributed by atoms with E-state index >= 15 is 0 Å². The van der Waals surface area contributed by atoms with Gasteiger partial charge in [0.25, 0.3) is 0 Å². The molecule has 1 heterocycles. The quantitative estimate of drug-likeness (QED) is 0.861. The predicted molar refractivity (Wildman–Crippen MR) is 100 cm³/mol. The summed E-state index contributed by atoms with van der Waals surface area (Å²) < 4.78 is 5.26. The molecule has 0 bridgehead atoms. The van der Waals surface area contributed by atoms with E-state index in [0.717, 1.165) is 6.54 Å². The smallest absolute Gasteiger partial charge is 0.238 e.